The first-order valence-electron chi connectivity index (χ1n) is 5.77. The van der Waals surface area contributed by atoms with Gasteiger partial charge < -0.3 is 5.32 Å². The average Bonchev–Trinajstić information content (AvgIpc) is 2.57. The molecule has 0 atom stereocenters. The molecule has 19 heavy (non-hydrogen) atoms. The molecule has 6 heteroatoms. The maximum Gasteiger partial charge on any atom is 0.149 e. The molecule has 0 fully saturated rings. The molecule has 0 saturated carbocycles. The van der Waals surface area contributed by atoms with Crippen molar-refractivity contribution in [3.63, 3.8) is 0 Å². The van der Waals surface area contributed by atoms with Crippen molar-refractivity contribution in [2.45, 2.75) is 20.4 Å². The number of nitrogens with zero attached hydrogens (tertiary/aromatic N) is 2. The van der Waals surface area contributed by atoms with Gasteiger partial charge in [0.05, 0.1) is 15.9 Å². The largest absolute Gasteiger partial charge is 0.378 e. The first kappa shape index (κ1) is 14.0. The van der Waals surface area contributed by atoms with Crippen LogP contribution in [-0.2, 0) is 13.6 Å². The maximum atomic E-state index is 13.6. The summed E-state index contributed by atoms with van der Waals surface area (Å²) < 4.78 is 28.7. The Bertz CT molecular complexity index is 623. The molecule has 0 bridgehead atoms. The summed E-state index contributed by atoms with van der Waals surface area (Å²) in [7, 11) is 1.86. The zero-order chi connectivity index (χ0) is 14.2. The summed E-state index contributed by atoms with van der Waals surface area (Å²) in [5.74, 6) is -1.23. The molecule has 0 aliphatic rings. The molecule has 2 rings (SSSR count). The van der Waals surface area contributed by atoms with Gasteiger partial charge in [-0.05, 0) is 35.8 Å². The van der Waals surface area contributed by atoms with E-state index in [1.807, 2.05) is 20.9 Å². The van der Waals surface area contributed by atoms with Crippen LogP contribution in [0, 0.1) is 25.5 Å². The van der Waals surface area contributed by atoms with Crippen LogP contribution in [0.15, 0.2) is 16.6 Å². The van der Waals surface area contributed by atoms with Gasteiger partial charge in [-0.3, -0.25) is 4.68 Å². The topological polar surface area (TPSA) is 29.9 Å². The fourth-order valence-corrected chi connectivity index (χ4v) is 2.26. The third kappa shape index (κ3) is 2.78. The summed E-state index contributed by atoms with van der Waals surface area (Å²) in [6, 6.07) is 2.25. The second-order valence-corrected chi connectivity index (χ2v) is 5.23. The number of hydrogen-bond acceptors (Lipinski definition) is 2. The Hall–Kier alpha value is -1.43. The quantitative estimate of drug-likeness (QED) is 0.870. The van der Waals surface area contributed by atoms with Gasteiger partial charge in [-0.25, -0.2) is 8.78 Å². The Morgan fingerprint density at radius 2 is 1.95 bits per heavy atom. The molecular weight excluding hydrogens is 316 g/mol. The molecule has 0 radical (unpaired) electrons. The molecule has 102 valence electrons. The predicted octanol–water partition coefficient (Wildman–Crippen LogP) is 3.69. The lowest BCUT2D eigenvalue weighted by Crippen LogP contribution is -2.04. The molecule has 2 aromatic rings. The van der Waals surface area contributed by atoms with Crippen molar-refractivity contribution in [3.05, 3.63) is 45.2 Å². The number of halogens is 3. The molecule has 0 unspecified atom stereocenters. The standard InChI is InChI=1S/C13H14BrF2N3/c1-7-9(8(2)19(3)18-7)6-17-13-4-10(14)11(15)5-12(13)16/h4-5,17H,6H2,1-3H3. The number of benzene rings is 1. The molecule has 0 spiro atoms. The third-order valence-corrected chi connectivity index (χ3v) is 3.73. The second kappa shape index (κ2) is 5.28. The van der Waals surface area contributed by atoms with Crippen molar-refractivity contribution in [2.24, 2.45) is 7.05 Å². The fraction of sp³-hybridized carbons (Fsp3) is 0.308. The molecule has 0 aliphatic heterocycles. The molecular formula is C13H14BrF2N3. The van der Waals surface area contributed by atoms with Gasteiger partial charge in [-0.2, -0.15) is 5.10 Å². The van der Waals surface area contributed by atoms with E-state index in [4.69, 9.17) is 0 Å². The lowest BCUT2D eigenvalue weighted by molar-refractivity contribution is 0.580. The van der Waals surface area contributed by atoms with E-state index in [-0.39, 0.29) is 10.2 Å². The minimum atomic E-state index is -0.614. The maximum absolute atomic E-state index is 13.6. The lowest BCUT2D eigenvalue weighted by Gasteiger charge is -2.09. The molecule has 0 aliphatic carbocycles. The van der Waals surface area contributed by atoms with E-state index in [0.29, 0.717) is 6.54 Å². The van der Waals surface area contributed by atoms with Crippen molar-refractivity contribution in [2.75, 3.05) is 5.32 Å². The molecule has 1 N–H and O–H groups in total. The monoisotopic (exact) mass is 329 g/mol. The highest BCUT2D eigenvalue weighted by Gasteiger charge is 2.11. The SMILES string of the molecule is Cc1nn(C)c(C)c1CNc1cc(Br)c(F)cc1F. The lowest BCUT2D eigenvalue weighted by atomic mass is 10.2. The smallest absolute Gasteiger partial charge is 0.149 e. The van der Waals surface area contributed by atoms with Crippen molar-refractivity contribution in [3.8, 4) is 0 Å². The van der Waals surface area contributed by atoms with Crippen LogP contribution < -0.4 is 5.32 Å². The van der Waals surface area contributed by atoms with Crippen LogP contribution in [-0.4, -0.2) is 9.78 Å². The highest BCUT2D eigenvalue weighted by Crippen LogP contribution is 2.24. The van der Waals surface area contributed by atoms with Gasteiger partial charge in [-0.1, -0.05) is 0 Å². The predicted molar refractivity (Wildman–Crippen MR) is 74.1 cm³/mol. The number of aromatic nitrogens is 2. The Kier molecular flexibility index (Phi) is 3.89. The summed E-state index contributed by atoms with van der Waals surface area (Å²) in [6.07, 6.45) is 0. The van der Waals surface area contributed by atoms with E-state index in [1.54, 1.807) is 4.68 Å². The summed E-state index contributed by atoms with van der Waals surface area (Å²) in [5, 5.41) is 7.26. The summed E-state index contributed by atoms with van der Waals surface area (Å²) in [6.45, 7) is 4.30. The van der Waals surface area contributed by atoms with Gasteiger partial charge in [0, 0.05) is 30.9 Å². The van der Waals surface area contributed by atoms with Crippen LogP contribution in [0.2, 0.25) is 0 Å². The van der Waals surface area contributed by atoms with E-state index >= 15 is 0 Å². The molecule has 1 aromatic heterocycles. The van der Waals surface area contributed by atoms with Crippen LogP contribution >= 0.6 is 15.9 Å². The zero-order valence-electron chi connectivity index (χ0n) is 10.9. The first-order chi connectivity index (χ1) is 8.90. The Morgan fingerprint density at radius 1 is 1.26 bits per heavy atom. The zero-order valence-corrected chi connectivity index (χ0v) is 12.5. The summed E-state index contributed by atoms with van der Waals surface area (Å²) in [5.41, 5.74) is 3.19. The highest BCUT2D eigenvalue weighted by molar-refractivity contribution is 9.10. The van der Waals surface area contributed by atoms with E-state index in [0.717, 1.165) is 23.0 Å². The van der Waals surface area contributed by atoms with Crippen LogP contribution in [0.5, 0.6) is 0 Å². The third-order valence-electron chi connectivity index (χ3n) is 3.12. The highest BCUT2D eigenvalue weighted by atomic mass is 79.9. The molecule has 1 aromatic carbocycles. The minimum Gasteiger partial charge on any atom is -0.378 e. The van der Waals surface area contributed by atoms with Gasteiger partial charge in [0.15, 0.2) is 0 Å². The van der Waals surface area contributed by atoms with Gasteiger partial charge in [0.25, 0.3) is 0 Å². The van der Waals surface area contributed by atoms with Crippen LogP contribution in [0.4, 0.5) is 14.5 Å². The Balaban J connectivity index is 2.21. The second-order valence-electron chi connectivity index (χ2n) is 4.37. The molecule has 3 nitrogen and oxygen atoms in total. The van der Waals surface area contributed by atoms with Gasteiger partial charge >= 0.3 is 0 Å². The molecule has 0 amide bonds. The van der Waals surface area contributed by atoms with Gasteiger partial charge in [0.2, 0.25) is 0 Å². The van der Waals surface area contributed by atoms with Crippen molar-refractivity contribution >= 4 is 21.6 Å². The summed E-state index contributed by atoms with van der Waals surface area (Å²) >= 11 is 3.04. The van der Waals surface area contributed by atoms with Crippen LogP contribution in [0.3, 0.4) is 0 Å². The number of hydrogen-bond donors (Lipinski definition) is 1. The average molecular weight is 330 g/mol. The van der Waals surface area contributed by atoms with E-state index in [1.165, 1.54) is 6.07 Å². The van der Waals surface area contributed by atoms with E-state index in [9.17, 15) is 8.78 Å². The molecule has 0 saturated heterocycles. The van der Waals surface area contributed by atoms with Crippen molar-refractivity contribution < 1.29 is 8.78 Å². The van der Waals surface area contributed by atoms with E-state index < -0.39 is 11.6 Å². The van der Waals surface area contributed by atoms with E-state index in [2.05, 4.69) is 26.3 Å². The summed E-state index contributed by atoms with van der Waals surface area (Å²) in [4.78, 5) is 0. The number of rotatable bonds is 3. The van der Waals surface area contributed by atoms with Gasteiger partial charge in [-0.15, -0.1) is 0 Å². The van der Waals surface area contributed by atoms with Crippen molar-refractivity contribution in [1.29, 1.82) is 0 Å². The van der Waals surface area contributed by atoms with Crippen molar-refractivity contribution in [1.82, 2.24) is 9.78 Å². The Labute approximate surface area is 118 Å². The van der Waals surface area contributed by atoms with Gasteiger partial charge in [0.1, 0.15) is 11.6 Å². The number of aryl methyl sites for hydroxylation is 2. The fourth-order valence-electron chi connectivity index (χ4n) is 1.91. The van der Waals surface area contributed by atoms with Crippen LogP contribution in [0.1, 0.15) is 17.0 Å². The Morgan fingerprint density at radius 3 is 2.53 bits per heavy atom. The number of anilines is 1. The molecule has 1 heterocycles. The minimum absolute atomic E-state index is 0.232. The van der Waals surface area contributed by atoms with Crippen LogP contribution in [0.25, 0.3) is 0 Å². The first-order valence-corrected chi connectivity index (χ1v) is 6.57. The number of nitrogens with one attached hydrogen (secondary N) is 1. The normalized spacial score (nSPS) is 10.8.